The summed E-state index contributed by atoms with van der Waals surface area (Å²) in [6, 6.07) is 15.2. The van der Waals surface area contributed by atoms with Crippen molar-refractivity contribution in [3.63, 3.8) is 0 Å². The number of imidazole rings is 1. The fraction of sp³-hybridized carbons (Fsp3) is 0.0833. The highest BCUT2D eigenvalue weighted by Gasteiger charge is 2.11. The summed E-state index contributed by atoms with van der Waals surface area (Å²) in [7, 11) is 1.46. The maximum Gasteiger partial charge on any atom is 0.330 e. The summed E-state index contributed by atoms with van der Waals surface area (Å²) in [5.74, 6) is 1.44. The molecule has 0 aliphatic carbocycles. The van der Waals surface area contributed by atoms with Gasteiger partial charge in [0.1, 0.15) is 11.5 Å². The van der Waals surface area contributed by atoms with E-state index >= 15 is 0 Å². The largest absolute Gasteiger partial charge is 0.504 e. The third kappa shape index (κ3) is 4.20. The topological polar surface area (TPSA) is 97.5 Å². The molecule has 0 bridgehead atoms. The molecule has 156 valence electrons. The molecule has 4 aromatic rings. The number of carbonyl (C=O) groups excluding carboxylic acids is 1. The molecular formula is C24H20N2O5. The summed E-state index contributed by atoms with van der Waals surface area (Å²) >= 11 is 0. The van der Waals surface area contributed by atoms with Crippen LogP contribution in [0.5, 0.6) is 11.5 Å². The van der Waals surface area contributed by atoms with Gasteiger partial charge in [-0.05, 0) is 55.0 Å². The van der Waals surface area contributed by atoms with Gasteiger partial charge in [-0.3, -0.25) is 9.36 Å². The Morgan fingerprint density at radius 1 is 1.16 bits per heavy atom. The zero-order valence-electron chi connectivity index (χ0n) is 17.0. The molecule has 0 saturated heterocycles. The molecule has 31 heavy (non-hydrogen) atoms. The molecule has 0 aliphatic rings. The van der Waals surface area contributed by atoms with Crippen molar-refractivity contribution in [2.45, 2.75) is 6.92 Å². The monoisotopic (exact) mass is 416 g/mol. The van der Waals surface area contributed by atoms with Gasteiger partial charge in [0.25, 0.3) is 0 Å². The molecule has 0 fully saturated rings. The molecular weight excluding hydrogens is 396 g/mol. The van der Waals surface area contributed by atoms with Gasteiger partial charge >= 0.3 is 5.69 Å². The number of carbonyl (C=O) groups is 1. The molecule has 4 rings (SSSR count). The minimum Gasteiger partial charge on any atom is -0.504 e. The number of methoxy groups -OCH3 is 1. The standard InChI is InChI=1S/C24H20N2O5/c1-15-6-11-22(31-15)19-14-26(24(29)25-19)18-5-3-4-17(13-18)20(27)9-7-16-8-10-21(28)23(12-16)30-2/h3-14,28H,1-2H3,(H,25,29)/b9-7+. The van der Waals surface area contributed by atoms with Gasteiger partial charge in [-0.1, -0.05) is 24.3 Å². The highest BCUT2D eigenvalue weighted by atomic mass is 16.5. The third-order valence-corrected chi connectivity index (χ3v) is 4.76. The first kappa shape index (κ1) is 20.0. The lowest BCUT2D eigenvalue weighted by molar-refractivity contribution is 0.104. The molecule has 0 radical (unpaired) electrons. The van der Waals surface area contributed by atoms with E-state index in [1.54, 1.807) is 54.7 Å². The molecule has 0 atom stereocenters. The van der Waals surface area contributed by atoms with Crippen LogP contribution in [0.3, 0.4) is 0 Å². The Morgan fingerprint density at radius 2 is 2.00 bits per heavy atom. The number of phenols is 1. The van der Waals surface area contributed by atoms with Crippen LogP contribution in [0.2, 0.25) is 0 Å². The molecule has 2 aromatic heterocycles. The number of phenolic OH excluding ortho intramolecular Hbond substituents is 1. The predicted octanol–water partition coefficient (Wildman–Crippen LogP) is 4.34. The summed E-state index contributed by atoms with van der Waals surface area (Å²) in [6.07, 6.45) is 4.71. The summed E-state index contributed by atoms with van der Waals surface area (Å²) in [5, 5.41) is 9.67. The zero-order chi connectivity index (χ0) is 22.0. The number of hydrogen-bond acceptors (Lipinski definition) is 5. The summed E-state index contributed by atoms with van der Waals surface area (Å²) in [6.45, 7) is 1.83. The van der Waals surface area contributed by atoms with Gasteiger partial charge < -0.3 is 19.2 Å². The van der Waals surface area contributed by atoms with Crippen LogP contribution >= 0.6 is 0 Å². The SMILES string of the molecule is COc1cc(/C=C/C(=O)c2cccc(-n3cc(-c4ccc(C)o4)[nH]c3=O)c2)ccc1O. The van der Waals surface area contributed by atoms with Crippen LogP contribution in [0.25, 0.3) is 23.2 Å². The maximum atomic E-state index is 12.7. The Morgan fingerprint density at radius 3 is 2.74 bits per heavy atom. The summed E-state index contributed by atoms with van der Waals surface area (Å²) < 4.78 is 12.1. The average molecular weight is 416 g/mol. The Kier molecular flexibility index (Phi) is 5.32. The minimum atomic E-state index is -0.333. The number of nitrogens with one attached hydrogen (secondary N) is 1. The van der Waals surface area contributed by atoms with Gasteiger partial charge in [0.05, 0.1) is 12.8 Å². The summed E-state index contributed by atoms with van der Waals surface area (Å²) in [5.41, 5.74) is 1.92. The van der Waals surface area contributed by atoms with Gasteiger partial charge in [-0.15, -0.1) is 0 Å². The number of aromatic nitrogens is 2. The number of furan rings is 1. The molecule has 2 aromatic carbocycles. The van der Waals surface area contributed by atoms with Gasteiger partial charge in [-0.2, -0.15) is 0 Å². The Bertz CT molecular complexity index is 1340. The minimum absolute atomic E-state index is 0.0275. The number of hydrogen-bond donors (Lipinski definition) is 2. The maximum absolute atomic E-state index is 12.7. The number of nitrogens with zero attached hydrogens (tertiary/aromatic N) is 1. The quantitative estimate of drug-likeness (QED) is 0.360. The third-order valence-electron chi connectivity index (χ3n) is 4.76. The molecule has 0 aliphatic heterocycles. The lowest BCUT2D eigenvalue weighted by Gasteiger charge is -2.04. The molecule has 0 spiro atoms. The zero-order valence-corrected chi connectivity index (χ0v) is 17.0. The normalized spacial score (nSPS) is 11.2. The number of benzene rings is 2. The second-order valence-corrected chi connectivity index (χ2v) is 6.93. The van der Waals surface area contributed by atoms with Gasteiger partial charge in [0.2, 0.25) is 0 Å². The lowest BCUT2D eigenvalue weighted by Crippen LogP contribution is -2.14. The smallest absolute Gasteiger partial charge is 0.330 e. The van der Waals surface area contributed by atoms with Crippen molar-refractivity contribution in [3.8, 4) is 28.6 Å². The average Bonchev–Trinajstić information content (AvgIpc) is 3.38. The van der Waals surface area contributed by atoms with Crippen molar-refractivity contribution in [2.75, 3.05) is 7.11 Å². The number of allylic oxidation sites excluding steroid dienone is 1. The fourth-order valence-corrected chi connectivity index (χ4v) is 3.17. The summed E-state index contributed by atoms with van der Waals surface area (Å²) in [4.78, 5) is 27.9. The predicted molar refractivity (Wildman–Crippen MR) is 117 cm³/mol. The highest BCUT2D eigenvalue weighted by Crippen LogP contribution is 2.27. The first-order valence-corrected chi connectivity index (χ1v) is 9.53. The Balaban J connectivity index is 1.59. The molecule has 0 unspecified atom stereocenters. The van der Waals surface area contributed by atoms with Crippen molar-refractivity contribution in [1.29, 1.82) is 0 Å². The first-order valence-electron chi connectivity index (χ1n) is 9.53. The van der Waals surface area contributed by atoms with E-state index in [-0.39, 0.29) is 17.2 Å². The molecule has 7 nitrogen and oxygen atoms in total. The fourth-order valence-electron chi connectivity index (χ4n) is 3.17. The van der Waals surface area contributed by atoms with E-state index in [9.17, 15) is 14.7 Å². The van der Waals surface area contributed by atoms with Crippen molar-refractivity contribution >= 4 is 11.9 Å². The van der Waals surface area contributed by atoms with E-state index in [1.807, 2.05) is 13.0 Å². The van der Waals surface area contributed by atoms with Crippen molar-refractivity contribution in [1.82, 2.24) is 9.55 Å². The van der Waals surface area contributed by atoms with E-state index in [0.717, 1.165) is 5.76 Å². The van der Waals surface area contributed by atoms with Crippen molar-refractivity contribution in [2.24, 2.45) is 0 Å². The molecule has 2 N–H and O–H groups in total. The van der Waals surface area contributed by atoms with E-state index in [2.05, 4.69) is 4.98 Å². The lowest BCUT2D eigenvalue weighted by atomic mass is 10.1. The van der Waals surface area contributed by atoms with Gasteiger partial charge in [-0.25, -0.2) is 4.79 Å². The number of ketones is 1. The van der Waals surface area contributed by atoms with Crippen LogP contribution in [0.4, 0.5) is 0 Å². The number of aromatic amines is 1. The van der Waals surface area contributed by atoms with Crippen molar-refractivity contribution < 1.29 is 19.1 Å². The molecule has 0 amide bonds. The van der Waals surface area contributed by atoms with Crippen LogP contribution in [0.1, 0.15) is 21.7 Å². The van der Waals surface area contributed by atoms with Gasteiger partial charge in [0, 0.05) is 11.8 Å². The van der Waals surface area contributed by atoms with E-state index < -0.39 is 0 Å². The van der Waals surface area contributed by atoms with E-state index in [4.69, 9.17) is 9.15 Å². The second kappa shape index (κ2) is 8.23. The van der Waals surface area contributed by atoms with Crippen molar-refractivity contribution in [3.05, 3.63) is 94.2 Å². The second-order valence-electron chi connectivity index (χ2n) is 6.93. The number of aryl methyl sites for hydroxylation is 1. The molecule has 2 heterocycles. The van der Waals surface area contributed by atoms with Crippen LogP contribution < -0.4 is 10.4 Å². The van der Waals surface area contributed by atoms with Crippen LogP contribution in [0, 0.1) is 6.92 Å². The van der Waals surface area contributed by atoms with Crippen LogP contribution in [-0.4, -0.2) is 27.6 Å². The number of rotatable bonds is 6. The molecule has 0 saturated carbocycles. The van der Waals surface area contributed by atoms with E-state index in [1.165, 1.54) is 23.8 Å². The number of aromatic hydroxyl groups is 1. The van der Waals surface area contributed by atoms with Crippen LogP contribution in [-0.2, 0) is 0 Å². The van der Waals surface area contributed by atoms with Crippen LogP contribution in [0.15, 0.2) is 76.1 Å². The Hall–Kier alpha value is -4.26. The number of H-pyrrole nitrogens is 1. The van der Waals surface area contributed by atoms with Gasteiger partial charge in [0.15, 0.2) is 23.0 Å². The number of ether oxygens (including phenoxy) is 1. The molecule has 7 heteroatoms. The highest BCUT2D eigenvalue weighted by molar-refractivity contribution is 6.07. The van der Waals surface area contributed by atoms with E-state index in [0.29, 0.717) is 34.0 Å². The first-order chi connectivity index (χ1) is 14.9. The Labute approximate surface area is 177 Å².